The van der Waals surface area contributed by atoms with Crippen molar-refractivity contribution in [2.75, 3.05) is 0 Å². The number of aromatic amines is 1. The van der Waals surface area contributed by atoms with Gasteiger partial charge in [-0.25, -0.2) is 0 Å². The van der Waals surface area contributed by atoms with Gasteiger partial charge in [0, 0.05) is 33.9 Å². The number of rotatable bonds is 1. The number of hydrogen-bond acceptors (Lipinski definition) is 1. The van der Waals surface area contributed by atoms with Crippen LogP contribution in [0.2, 0.25) is 0 Å². The summed E-state index contributed by atoms with van der Waals surface area (Å²) in [7, 11) is 0. The quantitative estimate of drug-likeness (QED) is 0.512. The van der Waals surface area contributed by atoms with Gasteiger partial charge in [0.25, 0.3) is 0 Å². The highest BCUT2D eigenvalue weighted by atomic mass is 16.3. The summed E-state index contributed by atoms with van der Waals surface area (Å²) in [6, 6.07) is 12.8. The molecule has 4 aromatic rings. The Morgan fingerprint density at radius 1 is 1.00 bits per heavy atom. The zero-order valence-corrected chi connectivity index (χ0v) is 10.2. The van der Waals surface area contributed by atoms with Gasteiger partial charge in [0.1, 0.15) is 11.2 Å². The third-order valence-electron chi connectivity index (χ3n) is 3.62. The normalized spacial score (nSPS) is 11.8. The van der Waals surface area contributed by atoms with Crippen LogP contribution in [0.5, 0.6) is 0 Å². The number of fused-ring (bicyclic) bond motifs is 4. The first-order valence-corrected chi connectivity index (χ1v) is 6.27. The van der Waals surface area contributed by atoms with Crippen LogP contribution in [0.4, 0.5) is 0 Å². The molecule has 88 valence electrons. The standard InChI is InChI=1S/C16H13NO/c1-2-10-3-4-15-12(7-10)13-8-11-5-6-17-14(11)9-16(13)18-15/h3-9,17H,2H2,1H3. The molecule has 2 nitrogen and oxygen atoms in total. The van der Waals surface area contributed by atoms with Crippen LogP contribution >= 0.6 is 0 Å². The highest BCUT2D eigenvalue weighted by molar-refractivity contribution is 6.09. The van der Waals surface area contributed by atoms with Crippen molar-refractivity contribution < 1.29 is 4.42 Å². The van der Waals surface area contributed by atoms with Crippen molar-refractivity contribution in [3.05, 3.63) is 48.2 Å². The Kier molecular flexibility index (Phi) is 1.84. The molecule has 0 spiro atoms. The zero-order chi connectivity index (χ0) is 12.1. The molecule has 0 bridgehead atoms. The predicted molar refractivity (Wildman–Crippen MR) is 75.0 cm³/mol. The number of H-pyrrole nitrogens is 1. The predicted octanol–water partition coefficient (Wildman–Crippen LogP) is 4.63. The minimum absolute atomic E-state index is 0.952. The Bertz CT molecular complexity index is 867. The Morgan fingerprint density at radius 2 is 1.89 bits per heavy atom. The molecule has 0 aliphatic rings. The summed E-state index contributed by atoms with van der Waals surface area (Å²) in [5.41, 5.74) is 4.39. The highest BCUT2D eigenvalue weighted by Gasteiger charge is 2.08. The highest BCUT2D eigenvalue weighted by Crippen LogP contribution is 2.32. The Balaban J connectivity index is 2.19. The van der Waals surface area contributed by atoms with Crippen LogP contribution < -0.4 is 0 Å². The van der Waals surface area contributed by atoms with Crippen molar-refractivity contribution in [3.8, 4) is 0 Å². The molecule has 0 unspecified atom stereocenters. The van der Waals surface area contributed by atoms with Gasteiger partial charge in [-0.2, -0.15) is 0 Å². The van der Waals surface area contributed by atoms with Gasteiger partial charge in [0.15, 0.2) is 0 Å². The second-order valence-corrected chi connectivity index (χ2v) is 4.70. The molecule has 2 heterocycles. The molecule has 0 aliphatic carbocycles. The maximum atomic E-state index is 5.91. The topological polar surface area (TPSA) is 28.9 Å². The SMILES string of the molecule is CCc1ccc2oc3cc4[nH]ccc4cc3c2c1. The minimum Gasteiger partial charge on any atom is -0.456 e. The molecule has 4 rings (SSSR count). The smallest absolute Gasteiger partial charge is 0.137 e. The van der Waals surface area contributed by atoms with Gasteiger partial charge in [0.2, 0.25) is 0 Å². The molecule has 2 aromatic heterocycles. The van der Waals surface area contributed by atoms with Gasteiger partial charge in [-0.3, -0.25) is 0 Å². The maximum Gasteiger partial charge on any atom is 0.137 e. The van der Waals surface area contributed by atoms with Crippen molar-refractivity contribution in [2.45, 2.75) is 13.3 Å². The average Bonchev–Trinajstić information content (AvgIpc) is 2.98. The van der Waals surface area contributed by atoms with Crippen LogP contribution in [0.15, 0.2) is 47.0 Å². The van der Waals surface area contributed by atoms with Crippen LogP contribution in [0.1, 0.15) is 12.5 Å². The fraction of sp³-hybridized carbons (Fsp3) is 0.125. The molecule has 18 heavy (non-hydrogen) atoms. The van der Waals surface area contributed by atoms with Crippen LogP contribution in [0.25, 0.3) is 32.8 Å². The number of nitrogens with one attached hydrogen (secondary N) is 1. The molecule has 0 radical (unpaired) electrons. The number of hydrogen-bond donors (Lipinski definition) is 1. The summed E-state index contributed by atoms with van der Waals surface area (Å²) < 4.78 is 5.91. The molecule has 0 aliphatic heterocycles. The molecule has 0 fully saturated rings. The van der Waals surface area contributed by atoms with E-state index in [1.54, 1.807) is 0 Å². The van der Waals surface area contributed by atoms with E-state index in [-0.39, 0.29) is 0 Å². The molecule has 1 N–H and O–H groups in total. The van der Waals surface area contributed by atoms with E-state index >= 15 is 0 Å². The second-order valence-electron chi connectivity index (χ2n) is 4.70. The van der Waals surface area contributed by atoms with E-state index < -0.39 is 0 Å². The first-order chi connectivity index (χ1) is 8.85. The fourth-order valence-corrected chi connectivity index (χ4v) is 2.59. The summed E-state index contributed by atoms with van der Waals surface area (Å²) in [5, 5.41) is 3.65. The van der Waals surface area contributed by atoms with Crippen LogP contribution in [0.3, 0.4) is 0 Å². The molecule has 2 heteroatoms. The molecule has 0 saturated heterocycles. The fourth-order valence-electron chi connectivity index (χ4n) is 2.59. The van der Waals surface area contributed by atoms with E-state index in [0.717, 1.165) is 23.1 Å². The van der Waals surface area contributed by atoms with E-state index in [9.17, 15) is 0 Å². The van der Waals surface area contributed by atoms with Gasteiger partial charge in [0.05, 0.1) is 0 Å². The largest absolute Gasteiger partial charge is 0.456 e. The zero-order valence-electron chi connectivity index (χ0n) is 10.2. The molecule has 0 saturated carbocycles. The van der Waals surface area contributed by atoms with Gasteiger partial charge >= 0.3 is 0 Å². The third kappa shape index (κ3) is 1.23. The third-order valence-corrected chi connectivity index (χ3v) is 3.62. The number of aromatic nitrogens is 1. The molecule has 2 aromatic carbocycles. The van der Waals surface area contributed by atoms with E-state index in [1.807, 2.05) is 6.20 Å². The molecular formula is C16H13NO. The van der Waals surface area contributed by atoms with Gasteiger partial charge < -0.3 is 9.40 Å². The Morgan fingerprint density at radius 3 is 2.78 bits per heavy atom. The maximum absolute atomic E-state index is 5.91. The molecule has 0 amide bonds. The van der Waals surface area contributed by atoms with Crippen LogP contribution in [-0.4, -0.2) is 4.98 Å². The van der Waals surface area contributed by atoms with E-state index in [2.05, 4.69) is 48.3 Å². The lowest BCUT2D eigenvalue weighted by Crippen LogP contribution is -1.77. The van der Waals surface area contributed by atoms with Crippen molar-refractivity contribution in [2.24, 2.45) is 0 Å². The summed E-state index contributed by atoms with van der Waals surface area (Å²) in [6.45, 7) is 2.17. The summed E-state index contributed by atoms with van der Waals surface area (Å²) in [5.74, 6) is 0. The molecule has 0 atom stereocenters. The van der Waals surface area contributed by atoms with Crippen LogP contribution in [0, 0.1) is 0 Å². The first kappa shape index (κ1) is 9.77. The second kappa shape index (κ2) is 3.39. The first-order valence-electron chi connectivity index (χ1n) is 6.27. The number of aryl methyl sites for hydroxylation is 1. The van der Waals surface area contributed by atoms with Gasteiger partial charge in [-0.05, 0) is 36.2 Å². The minimum atomic E-state index is 0.952. The number of benzene rings is 2. The Hall–Kier alpha value is -2.22. The van der Waals surface area contributed by atoms with E-state index in [0.29, 0.717) is 0 Å². The summed E-state index contributed by atoms with van der Waals surface area (Å²) >= 11 is 0. The lowest BCUT2D eigenvalue weighted by molar-refractivity contribution is 0.669. The van der Waals surface area contributed by atoms with Crippen molar-refractivity contribution in [3.63, 3.8) is 0 Å². The van der Waals surface area contributed by atoms with Gasteiger partial charge in [-0.15, -0.1) is 0 Å². The lowest BCUT2D eigenvalue weighted by Gasteiger charge is -1.95. The summed E-state index contributed by atoms with van der Waals surface area (Å²) in [6.07, 6.45) is 3.01. The number of furan rings is 1. The molecular weight excluding hydrogens is 222 g/mol. The van der Waals surface area contributed by atoms with E-state index in [1.165, 1.54) is 21.7 Å². The average molecular weight is 235 g/mol. The Labute approximate surface area is 104 Å². The summed E-state index contributed by atoms with van der Waals surface area (Å²) in [4.78, 5) is 3.22. The van der Waals surface area contributed by atoms with E-state index in [4.69, 9.17) is 4.42 Å². The lowest BCUT2D eigenvalue weighted by atomic mass is 10.1. The van der Waals surface area contributed by atoms with Crippen molar-refractivity contribution >= 4 is 32.8 Å². The van der Waals surface area contributed by atoms with Crippen molar-refractivity contribution in [1.29, 1.82) is 0 Å². The van der Waals surface area contributed by atoms with Crippen molar-refractivity contribution in [1.82, 2.24) is 4.98 Å². The monoisotopic (exact) mass is 235 g/mol. The van der Waals surface area contributed by atoms with Gasteiger partial charge in [-0.1, -0.05) is 13.0 Å². The van der Waals surface area contributed by atoms with Crippen LogP contribution in [-0.2, 0) is 6.42 Å².